The van der Waals surface area contributed by atoms with Crippen LogP contribution in [0.2, 0.25) is 0 Å². The minimum atomic E-state index is -1.40. The van der Waals surface area contributed by atoms with Crippen molar-refractivity contribution in [2.24, 2.45) is 5.73 Å². The molecule has 0 saturated heterocycles. The van der Waals surface area contributed by atoms with Gasteiger partial charge in [0.25, 0.3) is 0 Å². The molecule has 5 heteroatoms. The average molecular weight is 281 g/mol. The van der Waals surface area contributed by atoms with Gasteiger partial charge < -0.3 is 5.73 Å². The highest BCUT2D eigenvalue weighted by molar-refractivity contribution is 7.84. The van der Waals surface area contributed by atoms with Crippen molar-refractivity contribution in [1.82, 2.24) is 0 Å². The molecule has 0 aromatic heterocycles. The highest BCUT2D eigenvalue weighted by Crippen LogP contribution is 2.16. The molecule has 2 aromatic rings. The number of nitrogens with two attached hydrogens (primary N) is 1. The van der Waals surface area contributed by atoms with Crippen LogP contribution in [-0.4, -0.2) is 4.21 Å². The molecule has 0 spiro atoms. The summed E-state index contributed by atoms with van der Waals surface area (Å²) in [6, 6.07) is 10.7. The van der Waals surface area contributed by atoms with Crippen molar-refractivity contribution >= 4 is 10.8 Å². The summed E-state index contributed by atoms with van der Waals surface area (Å²) in [5.74, 6) is -1.66. The zero-order valence-corrected chi connectivity index (χ0v) is 10.9. The standard InChI is InChI=1S/C14H13F2NOS/c15-13-6-5-12(7-14(13)16)19(18)9-11-3-1-10(8-17)2-4-11/h1-7H,8-9,17H2. The molecule has 2 rings (SSSR count). The zero-order chi connectivity index (χ0) is 13.8. The van der Waals surface area contributed by atoms with Crippen molar-refractivity contribution in [1.29, 1.82) is 0 Å². The molecule has 0 saturated carbocycles. The Bertz CT molecular complexity index is 599. The van der Waals surface area contributed by atoms with Gasteiger partial charge in [0.05, 0.1) is 16.6 Å². The van der Waals surface area contributed by atoms with E-state index < -0.39 is 22.4 Å². The highest BCUT2D eigenvalue weighted by Gasteiger charge is 2.09. The van der Waals surface area contributed by atoms with Gasteiger partial charge in [0.2, 0.25) is 0 Å². The third-order valence-electron chi connectivity index (χ3n) is 2.71. The Labute approximate surface area is 112 Å². The van der Waals surface area contributed by atoms with Gasteiger partial charge in [0, 0.05) is 11.4 Å². The summed E-state index contributed by atoms with van der Waals surface area (Å²) in [5.41, 5.74) is 7.34. The van der Waals surface area contributed by atoms with Gasteiger partial charge in [-0.1, -0.05) is 24.3 Å². The topological polar surface area (TPSA) is 43.1 Å². The Hall–Kier alpha value is -1.59. The monoisotopic (exact) mass is 281 g/mol. The van der Waals surface area contributed by atoms with Gasteiger partial charge in [-0.05, 0) is 29.3 Å². The van der Waals surface area contributed by atoms with Gasteiger partial charge in [-0.3, -0.25) is 4.21 Å². The maximum absolute atomic E-state index is 13.1. The molecule has 2 nitrogen and oxygen atoms in total. The first-order chi connectivity index (χ1) is 9.10. The van der Waals surface area contributed by atoms with Gasteiger partial charge in [-0.2, -0.15) is 0 Å². The molecule has 2 N–H and O–H groups in total. The Kier molecular flexibility index (Phi) is 4.39. The molecule has 0 radical (unpaired) electrons. The lowest BCUT2D eigenvalue weighted by atomic mass is 10.1. The molecule has 19 heavy (non-hydrogen) atoms. The molecule has 0 heterocycles. The summed E-state index contributed by atoms with van der Waals surface area (Å²) in [7, 11) is -1.40. The number of benzene rings is 2. The van der Waals surface area contributed by atoms with Crippen molar-refractivity contribution in [3.05, 3.63) is 65.2 Å². The fraction of sp³-hybridized carbons (Fsp3) is 0.143. The summed E-state index contributed by atoms with van der Waals surface area (Å²) in [6.45, 7) is 0.451. The largest absolute Gasteiger partial charge is 0.326 e. The van der Waals surface area contributed by atoms with Crippen LogP contribution in [-0.2, 0) is 23.1 Å². The minimum absolute atomic E-state index is 0.260. The first-order valence-corrected chi connectivity index (χ1v) is 7.03. The molecule has 2 aromatic carbocycles. The van der Waals surface area contributed by atoms with E-state index in [1.807, 2.05) is 24.3 Å². The molecule has 100 valence electrons. The molecule has 0 fully saturated rings. The van der Waals surface area contributed by atoms with Crippen molar-refractivity contribution in [2.45, 2.75) is 17.2 Å². The Morgan fingerprint density at radius 3 is 2.16 bits per heavy atom. The van der Waals surface area contributed by atoms with Crippen LogP contribution >= 0.6 is 0 Å². The normalized spacial score (nSPS) is 12.4. The molecule has 0 aliphatic heterocycles. The molecule has 1 atom stereocenters. The van der Waals surface area contributed by atoms with E-state index in [0.29, 0.717) is 6.54 Å². The molecule has 0 amide bonds. The lowest BCUT2D eigenvalue weighted by Gasteiger charge is -2.04. The summed E-state index contributed by atoms with van der Waals surface area (Å²) < 4.78 is 37.9. The van der Waals surface area contributed by atoms with Crippen LogP contribution in [0.25, 0.3) is 0 Å². The van der Waals surface area contributed by atoms with Crippen LogP contribution in [0.5, 0.6) is 0 Å². The second-order valence-corrected chi connectivity index (χ2v) is 5.54. The SMILES string of the molecule is NCc1ccc(CS(=O)c2ccc(F)c(F)c2)cc1. The Morgan fingerprint density at radius 2 is 1.58 bits per heavy atom. The highest BCUT2D eigenvalue weighted by atomic mass is 32.2. The van der Waals surface area contributed by atoms with Crippen molar-refractivity contribution in [2.75, 3.05) is 0 Å². The van der Waals surface area contributed by atoms with Gasteiger partial charge >= 0.3 is 0 Å². The van der Waals surface area contributed by atoms with Crippen LogP contribution in [0.3, 0.4) is 0 Å². The van der Waals surface area contributed by atoms with Crippen LogP contribution in [0.15, 0.2) is 47.4 Å². The molecule has 1 unspecified atom stereocenters. The maximum atomic E-state index is 13.1. The summed E-state index contributed by atoms with van der Waals surface area (Å²) >= 11 is 0. The van der Waals surface area contributed by atoms with Gasteiger partial charge in [0.1, 0.15) is 0 Å². The van der Waals surface area contributed by atoms with Crippen LogP contribution in [0, 0.1) is 11.6 Å². The lowest BCUT2D eigenvalue weighted by Crippen LogP contribution is -2.00. The predicted octanol–water partition coefficient (Wildman–Crippen LogP) is 2.73. The van der Waals surface area contributed by atoms with Crippen LogP contribution in [0.4, 0.5) is 8.78 Å². The number of hydrogen-bond donors (Lipinski definition) is 1. The molecular weight excluding hydrogens is 268 g/mol. The Morgan fingerprint density at radius 1 is 0.947 bits per heavy atom. The summed E-state index contributed by atoms with van der Waals surface area (Å²) in [6.07, 6.45) is 0. The molecule has 0 aliphatic rings. The smallest absolute Gasteiger partial charge is 0.160 e. The van der Waals surface area contributed by atoms with E-state index in [1.54, 1.807) is 0 Å². The quantitative estimate of drug-likeness (QED) is 0.936. The third kappa shape index (κ3) is 3.45. The zero-order valence-electron chi connectivity index (χ0n) is 10.1. The van der Waals surface area contributed by atoms with Gasteiger partial charge in [0.15, 0.2) is 11.6 Å². The number of halogens is 2. The van der Waals surface area contributed by atoms with Gasteiger partial charge in [-0.15, -0.1) is 0 Å². The van der Waals surface area contributed by atoms with E-state index in [1.165, 1.54) is 6.07 Å². The molecule has 0 aliphatic carbocycles. The van der Waals surface area contributed by atoms with E-state index in [-0.39, 0.29) is 10.6 Å². The Balaban J connectivity index is 2.13. The maximum Gasteiger partial charge on any atom is 0.160 e. The predicted molar refractivity (Wildman–Crippen MR) is 70.8 cm³/mol. The van der Waals surface area contributed by atoms with E-state index in [2.05, 4.69) is 0 Å². The number of hydrogen-bond acceptors (Lipinski definition) is 2. The van der Waals surface area contributed by atoms with Crippen molar-refractivity contribution in [3.63, 3.8) is 0 Å². The fourth-order valence-corrected chi connectivity index (χ4v) is 2.74. The average Bonchev–Trinajstić information content (AvgIpc) is 2.42. The van der Waals surface area contributed by atoms with Crippen molar-refractivity contribution in [3.8, 4) is 0 Å². The second-order valence-electron chi connectivity index (χ2n) is 4.09. The first kappa shape index (κ1) is 13.8. The molecule has 0 bridgehead atoms. The van der Waals surface area contributed by atoms with E-state index in [0.717, 1.165) is 23.3 Å². The van der Waals surface area contributed by atoms with E-state index >= 15 is 0 Å². The summed E-state index contributed by atoms with van der Waals surface area (Å²) in [4.78, 5) is 0.279. The van der Waals surface area contributed by atoms with Crippen LogP contribution in [0.1, 0.15) is 11.1 Å². The van der Waals surface area contributed by atoms with E-state index in [4.69, 9.17) is 5.73 Å². The fourth-order valence-electron chi connectivity index (χ4n) is 1.62. The third-order valence-corrected chi connectivity index (χ3v) is 4.09. The minimum Gasteiger partial charge on any atom is -0.326 e. The second kappa shape index (κ2) is 6.04. The first-order valence-electron chi connectivity index (χ1n) is 5.71. The molecular formula is C14H13F2NOS. The van der Waals surface area contributed by atoms with Crippen LogP contribution < -0.4 is 5.73 Å². The van der Waals surface area contributed by atoms with Gasteiger partial charge in [-0.25, -0.2) is 8.78 Å². The van der Waals surface area contributed by atoms with Crippen molar-refractivity contribution < 1.29 is 13.0 Å². The summed E-state index contributed by atoms with van der Waals surface area (Å²) in [5, 5.41) is 0. The lowest BCUT2D eigenvalue weighted by molar-refractivity contribution is 0.505. The number of rotatable bonds is 4. The van der Waals surface area contributed by atoms with E-state index in [9.17, 15) is 13.0 Å².